The molecule has 0 N–H and O–H groups in total. The van der Waals surface area contributed by atoms with Crippen molar-refractivity contribution in [1.82, 2.24) is 0 Å². The Kier molecular flexibility index (Phi) is 0.874. The molecule has 0 aromatic heterocycles. The Hall–Kier alpha value is -0.534. The summed E-state index contributed by atoms with van der Waals surface area (Å²) in [7, 11) is 0. The molecular weight excluding hydrogens is 419 g/mol. The molecule has 10 heterocycles. The van der Waals surface area contributed by atoms with Crippen molar-refractivity contribution in [2.75, 3.05) is 0 Å². The van der Waals surface area contributed by atoms with Gasteiger partial charge in [0.05, 0.1) is 0 Å². The average Bonchev–Trinajstić information content (AvgIpc) is 3.63. The summed E-state index contributed by atoms with van der Waals surface area (Å²) in [4.78, 5) is 10.6. The summed E-state index contributed by atoms with van der Waals surface area (Å²) in [6.45, 7) is 25.6. The van der Waals surface area contributed by atoms with E-state index in [0.29, 0.717) is 10.8 Å². The summed E-state index contributed by atoms with van der Waals surface area (Å²) in [5.41, 5.74) is 15.1. The van der Waals surface area contributed by atoms with Crippen molar-refractivity contribution in [3.05, 3.63) is 44.6 Å². The van der Waals surface area contributed by atoms with E-state index in [1.165, 1.54) is 38.8 Å². The van der Waals surface area contributed by atoms with Gasteiger partial charge in [-0.2, -0.15) is 0 Å². The molecule has 0 aromatic carbocycles. The quantitative estimate of drug-likeness (QED) is 0.387. The monoisotopic (exact) mass is 457 g/mol. The summed E-state index contributed by atoms with van der Waals surface area (Å²) >= 11 is 0. The van der Waals surface area contributed by atoms with Gasteiger partial charge in [-0.25, -0.2) is 0 Å². The fourth-order valence-corrected chi connectivity index (χ4v) is 92.1. The number of fused-ring (bicyclic) bond motifs is 10. The first kappa shape index (κ1) is 15.4. The molecule has 4 unspecified atom stereocenters. The normalized spacial score (nSPS) is 82.5. The van der Waals surface area contributed by atoms with E-state index in [-0.39, 0.29) is 0 Å². The Morgan fingerprint density at radius 2 is 0.806 bits per heavy atom. The minimum atomic E-state index is -3.54. The van der Waals surface area contributed by atoms with Gasteiger partial charge >= 0.3 is 179 Å². The van der Waals surface area contributed by atoms with Gasteiger partial charge in [0, 0.05) is 0 Å². The number of hydrogen-bond donors (Lipinski definition) is 0. The first-order valence-corrected chi connectivity index (χ1v) is 18.9. The molecule has 0 radical (unpaired) electrons. The van der Waals surface area contributed by atoms with Gasteiger partial charge < -0.3 is 0 Å². The van der Waals surface area contributed by atoms with Crippen LogP contribution in [0.25, 0.3) is 0 Å². The minimum absolute atomic E-state index is 0.312. The van der Waals surface area contributed by atoms with Gasteiger partial charge in [-0.1, -0.05) is 0 Å². The van der Waals surface area contributed by atoms with E-state index in [0.717, 1.165) is 8.70 Å². The molecule has 2 aliphatic carbocycles. The third-order valence-corrected chi connectivity index (χ3v) is 61.2. The Bertz CT molecular complexity index is 1640. The summed E-state index contributed by atoms with van der Waals surface area (Å²) in [6.07, 6.45) is -3.54. The molecule has 12 rings (SSSR count). The third-order valence-electron chi connectivity index (χ3n) is 20.9. The van der Waals surface area contributed by atoms with E-state index in [9.17, 15) is 0 Å². The topological polar surface area (TPSA) is 0 Å². The van der Waals surface area contributed by atoms with E-state index in [4.69, 9.17) is 0 Å². The number of allylic oxidation sites excluding steroid dienone is 8. The number of hydrogen-bond acceptors (Lipinski definition) is 0. The molecule has 4 atom stereocenters. The maximum atomic E-state index is 2.65. The van der Waals surface area contributed by atoms with Crippen molar-refractivity contribution in [2.24, 2.45) is 10.8 Å². The van der Waals surface area contributed by atoms with Crippen molar-refractivity contribution >= 4 is 0 Å². The molecule has 10 fully saturated rings. The van der Waals surface area contributed by atoms with E-state index in [1.54, 1.807) is 33.4 Å². The predicted octanol–water partition coefficient (Wildman–Crippen LogP) is 9.50. The van der Waals surface area contributed by atoms with Crippen LogP contribution < -0.4 is 0 Å². The van der Waals surface area contributed by atoms with Crippen LogP contribution in [0.5, 0.6) is 0 Å². The Labute approximate surface area is 178 Å². The zero-order valence-corrected chi connectivity index (χ0v) is 22.0. The van der Waals surface area contributed by atoms with Crippen LogP contribution in [0.2, 0.25) is 47.5 Å². The molecule has 0 aromatic rings. The number of rotatable bonds is 2. The molecule has 0 nitrogen and oxygen atoms in total. The van der Waals surface area contributed by atoms with E-state index in [2.05, 4.69) is 80.4 Å². The van der Waals surface area contributed by atoms with Gasteiger partial charge in [-0.05, 0) is 0 Å². The first-order valence-electron chi connectivity index (χ1n) is 13.0. The van der Waals surface area contributed by atoms with Crippen LogP contribution in [0.3, 0.4) is 0 Å². The van der Waals surface area contributed by atoms with Gasteiger partial charge in [-0.15, -0.1) is 0 Å². The summed E-state index contributed by atoms with van der Waals surface area (Å²) in [5.74, 6) is 0. The Balaban J connectivity index is 1.31. The van der Waals surface area contributed by atoms with E-state index < -0.39 is 6.37 Å². The first-order chi connectivity index (χ1) is 14.1. The second-order valence-electron chi connectivity index (χ2n) is 17.1. The molecule has 0 saturated carbocycles. The average molecular weight is 458 g/mol. The van der Waals surface area contributed by atoms with E-state index in [1.807, 2.05) is 0 Å². The maximum absolute atomic E-state index is 3.54. The van der Waals surface area contributed by atoms with Crippen molar-refractivity contribution < 1.29 is 6.37 Å². The fraction of sp³-hybridized carbons (Fsp3) is 0.733. The molecule has 10 saturated heterocycles. The zero-order valence-electron chi connectivity index (χ0n) is 21.0. The van der Waals surface area contributed by atoms with Crippen molar-refractivity contribution in [2.45, 2.75) is 117 Å². The SMILES string of the molecule is CC1=C(C)C(C)(C)C([C]23[CH]4[CH]5[CH]6[C]2(C2=C(C)C(C)=C(C)C2(C)C)[Co]54632789[CH]3[CH]2[CH]7[CH]8[CH]39)=C1C. The van der Waals surface area contributed by atoms with Gasteiger partial charge in [0.2, 0.25) is 0 Å². The van der Waals surface area contributed by atoms with Crippen molar-refractivity contribution in [1.29, 1.82) is 0 Å². The second kappa shape index (κ2) is 1.76. The van der Waals surface area contributed by atoms with Gasteiger partial charge in [-0.3, -0.25) is 0 Å². The molecule has 31 heavy (non-hydrogen) atoms. The van der Waals surface area contributed by atoms with Crippen LogP contribution in [0, 0.1) is 10.8 Å². The molecule has 12 aliphatic rings. The Morgan fingerprint density at radius 1 is 0.484 bits per heavy atom. The van der Waals surface area contributed by atoms with Crippen LogP contribution >= 0.6 is 0 Å². The molecule has 0 amide bonds. The molecule has 10 aliphatic heterocycles. The fourth-order valence-electron chi connectivity index (χ4n) is 21.5. The van der Waals surface area contributed by atoms with Crippen molar-refractivity contribution in [3.63, 3.8) is 0 Å². The van der Waals surface area contributed by atoms with Crippen molar-refractivity contribution in [3.8, 4) is 0 Å². The van der Waals surface area contributed by atoms with Crippen LogP contribution in [0.15, 0.2) is 44.6 Å². The second-order valence-corrected chi connectivity index (χ2v) is 39.0. The third kappa shape index (κ3) is 0.271. The molecule has 167 valence electrons. The Morgan fingerprint density at radius 3 is 1.00 bits per heavy atom. The van der Waals surface area contributed by atoms with Gasteiger partial charge in [0.15, 0.2) is 0 Å². The molecule has 1 spiro atoms. The van der Waals surface area contributed by atoms with Crippen LogP contribution in [0.1, 0.15) is 69.2 Å². The van der Waals surface area contributed by atoms with Gasteiger partial charge in [0.25, 0.3) is 0 Å². The van der Waals surface area contributed by atoms with E-state index >= 15 is 0 Å². The molecule has 0 bridgehead atoms. The standard InChI is InChI=1S/C25H33.C5H5.Co/c1-14-16(3)22(24(7,8)18(14)5)20-12-11-13-21(20)23-17(4)15(2)19(6)25(23,9)10;1-2-4-5-3-1;/h11-13H,1-10H3;1-5H;. The summed E-state index contributed by atoms with van der Waals surface area (Å²) in [5, 5.41) is 0. The molecule has 1 heteroatoms. The van der Waals surface area contributed by atoms with Crippen LogP contribution in [0.4, 0.5) is 0 Å². The summed E-state index contributed by atoms with van der Waals surface area (Å²) < 4.78 is 1.51. The predicted molar refractivity (Wildman–Crippen MR) is 125 cm³/mol. The van der Waals surface area contributed by atoms with Gasteiger partial charge in [0.1, 0.15) is 0 Å². The van der Waals surface area contributed by atoms with Crippen LogP contribution in [-0.2, 0) is 6.37 Å². The summed E-state index contributed by atoms with van der Waals surface area (Å²) in [6, 6.07) is 0. The zero-order chi connectivity index (χ0) is 21.6. The van der Waals surface area contributed by atoms with Crippen LogP contribution in [-0.4, -0.2) is 0 Å². The molecular formula is C30H38Co.